The average molecular weight is 291 g/mol. The van der Waals surface area contributed by atoms with Crippen LogP contribution in [0.5, 0.6) is 5.75 Å². The summed E-state index contributed by atoms with van der Waals surface area (Å²) in [5.74, 6) is -1.08. The highest BCUT2D eigenvalue weighted by Gasteiger charge is 2.21. The molecular weight excluding hydrogens is 270 g/mol. The van der Waals surface area contributed by atoms with Crippen LogP contribution < -0.4 is 10.1 Å². The Balaban J connectivity index is 2.89. The smallest absolute Gasteiger partial charge is 0.326 e. The van der Waals surface area contributed by atoms with Crippen LogP contribution in [0, 0.1) is 0 Å². The quantitative estimate of drug-likeness (QED) is 0.757. The molecule has 0 aliphatic heterocycles. The molecule has 1 atom stereocenters. The van der Waals surface area contributed by atoms with Crippen molar-refractivity contribution >= 4 is 11.9 Å². The van der Waals surface area contributed by atoms with Gasteiger partial charge < -0.3 is 15.2 Å². The lowest BCUT2D eigenvalue weighted by Gasteiger charge is -2.16. The van der Waals surface area contributed by atoms with Crippen LogP contribution in [0.15, 0.2) is 36.4 Å². The second kappa shape index (κ2) is 8.09. The van der Waals surface area contributed by atoms with Gasteiger partial charge >= 0.3 is 5.97 Å². The zero-order valence-electron chi connectivity index (χ0n) is 12.5. The van der Waals surface area contributed by atoms with Crippen LogP contribution in [0.25, 0.3) is 0 Å². The van der Waals surface area contributed by atoms with Gasteiger partial charge in [-0.3, -0.25) is 4.79 Å². The number of carbonyl (C=O) groups is 2. The lowest BCUT2D eigenvalue weighted by Crippen LogP contribution is -2.40. The van der Waals surface area contributed by atoms with Crippen LogP contribution in [0.2, 0.25) is 0 Å². The molecule has 0 saturated heterocycles. The van der Waals surface area contributed by atoms with E-state index in [0.29, 0.717) is 11.3 Å². The Morgan fingerprint density at radius 1 is 1.33 bits per heavy atom. The first-order chi connectivity index (χ1) is 9.95. The van der Waals surface area contributed by atoms with Crippen molar-refractivity contribution in [2.45, 2.75) is 39.3 Å². The molecule has 2 N–H and O–H groups in total. The fourth-order valence-electron chi connectivity index (χ4n) is 1.74. The van der Waals surface area contributed by atoms with Crippen molar-refractivity contribution in [2.24, 2.45) is 0 Å². The highest BCUT2D eigenvalue weighted by molar-refractivity contribution is 5.98. The van der Waals surface area contributed by atoms with Gasteiger partial charge in [0.2, 0.25) is 0 Å². The SMILES string of the molecule is C/C=C/CC(NC(=O)c1ccccc1OC(C)C)C(=O)O. The molecule has 0 aliphatic rings. The van der Waals surface area contributed by atoms with Gasteiger partial charge in [-0.25, -0.2) is 4.79 Å². The Morgan fingerprint density at radius 3 is 2.57 bits per heavy atom. The normalized spacial score (nSPS) is 12.4. The summed E-state index contributed by atoms with van der Waals surface area (Å²) in [4.78, 5) is 23.4. The summed E-state index contributed by atoms with van der Waals surface area (Å²) in [6.07, 6.45) is 3.62. The van der Waals surface area contributed by atoms with Crippen LogP contribution in [0.3, 0.4) is 0 Å². The van der Waals surface area contributed by atoms with Crippen molar-refractivity contribution in [3.05, 3.63) is 42.0 Å². The van der Waals surface area contributed by atoms with E-state index in [9.17, 15) is 9.59 Å². The summed E-state index contributed by atoms with van der Waals surface area (Å²) in [6.45, 7) is 5.52. The second-order valence-electron chi connectivity index (χ2n) is 4.83. The first-order valence-electron chi connectivity index (χ1n) is 6.86. The zero-order chi connectivity index (χ0) is 15.8. The van der Waals surface area contributed by atoms with Gasteiger partial charge in [0, 0.05) is 0 Å². The maximum Gasteiger partial charge on any atom is 0.326 e. The predicted molar refractivity (Wildman–Crippen MR) is 80.5 cm³/mol. The third-order valence-corrected chi connectivity index (χ3v) is 2.71. The van der Waals surface area contributed by atoms with Crippen molar-refractivity contribution in [2.75, 3.05) is 0 Å². The minimum Gasteiger partial charge on any atom is -0.490 e. The number of hydrogen-bond acceptors (Lipinski definition) is 3. The summed E-state index contributed by atoms with van der Waals surface area (Å²) in [5.41, 5.74) is 0.331. The van der Waals surface area contributed by atoms with Gasteiger partial charge in [-0.1, -0.05) is 24.3 Å². The Kier molecular flexibility index (Phi) is 6.46. The van der Waals surface area contributed by atoms with E-state index < -0.39 is 17.9 Å². The maximum atomic E-state index is 12.2. The number of nitrogens with one attached hydrogen (secondary N) is 1. The van der Waals surface area contributed by atoms with Gasteiger partial charge in [-0.15, -0.1) is 0 Å². The number of carboxylic acids is 1. The number of para-hydroxylation sites is 1. The molecule has 0 radical (unpaired) electrons. The largest absolute Gasteiger partial charge is 0.490 e. The molecular formula is C16H21NO4. The molecule has 0 heterocycles. The molecule has 0 aromatic heterocycles. The second-order valence-corrected chi connectivity index (χ2v) is 4.83. The van der Waals surface area contributed by atoms with Crippen molar-refractivity contribution in [1.82, 2.24) is 5.32 Å². The lowest BCUT2D eigenvalue weighted by atomic mass is 10.1. The molecule has 1 aromatic rings. The van der Waals surface area contributed by atoms with Crippen molar-refractivity contribution < 1.29 is 19.4 Å². The molecule has 0 aliphatic carbocycles. The molecule has 1 unspecified atom stereocenters. The van der Waals surface area contributed by atoms with Gasteiger partial charge in [0.25, 0.3) is 5.91 Å². The topological polar surface area (TPSA) is 75.6 Å². The molecule has 114 valence electrons. The van der Waals surface area contributed by atoms with Gasteiger partial charge in [0.1, 0.15) is 11.8 Å². The first-order valence-corrected chi connectivity index (χ1v) is 6.86. The number of hydrogen-bond donors (Lipinski definition) is 2. The highest BCUT2D eigenvalue weighted by atomic mass is 16.5. The molecule has 1 rings (SSSR count). The van der Waals surface area contributed by atoms with Crippen molar-refractivity contribution in [3.8, 4) is 5.75 Å². The Morgan fingerprint density at radius 2 is 2.00 bits per heavy atom. The number of carbonyl (C=O) groups excluding carboxylic acids is 1. The number of aliphatic carboxylic acids is 1. The number of benzene rings is 1. The zero-order valence-corrected chi connectivity index (χ0v) is 12.5. The molecule has 0 fully saturated rings. The van der Waals surface area contributed by atoms with E-state index in [2.05, 4.69) is 5.32 Å². The lowest BCUT2D eigenvalue weighted by molar-refractivity contribution is -0.139. The van der Waals surface area contributed by atoms with Gasteiger partial charge in [0.05, 0.1) is 11.7 Å². The minimum absolute atomic E-state index is 0.0720. The Labute approximate surface area is 124 Å². The minimum atomic E-state index is -1.07. The van der Waals surface area contributed by atoms with Gasteiger partial charge in [-0.2, -0.15) is 0 Å². The van der Waals surface area contributed by atoms with E-state index in [-0.39, 0.29) is 12.5 Å². The van der Waals surface area contributed by atoms with Crippen molar-refractivity contribution in [1.29, 1.82) is 0 Å². The van der Waals surface area contributed by atoms with Crippen LogP contribution >= 0.6 is 0 Å². The standard InChI is InChI=1S/C16H21NO4/c1-4-5-9-13(16(19)20)17-15(18)12-8-6-7-10-14(12)21-11(2)3/h4-8,10-11,13H,9H2,1-3H3,(H,17,18)(H,19,20)/b5-4+. The third-order valence-electron chi connectivity index (χ3n) is 2.71. The number of rotatable bonds is 7. The summed E-state index contributed by atoms with van der Waals surface area (Å²) < 4.78 is 5.57. The molecule has 5 heteroatoms. The molecule has 1 amide bonds. The number of allylic oxidation sites excluding steroid dienone is 1. The van der Waals surface area contributed by atoms with E-state index in [1.165, 1.54) is 0 Å². The molecule has 0 saturated carbocycles. The fourth-order valence-corrected chi connectivity index (χ4v) is 1.74. The van der Waals surface area contributed by atoms with E-state index in [4.69, 9.17) is 9.84 Å². The van der Waals surface area contributed by atoms with E-state index in [0.717, 1.165) is 0 Å². The van der Waals surface area contributed by atoms with Crippen molar-refractivity contribution in [3.63, 3.8) is 0 Å². The van der Waals surface area contributed by atoms with Gasteiger partial charge in [0.15, 0.2) is 0 Å². The fraction of sp³-hybridized carbons (Fsp3) is 0.375. The summed E-state index contributed by atoms with van der Waals surface area (Å²) in [6, 6.07) is 5.83. The van der Waals surface area contributed by atoms with Crippen LogP contribution in [0.4, 0.5) is 0 Å². The number of amides is 1. The molecule has 0 spiro atoms. The predicted octanol–water partition coefficient (Wildman–Crippen LogP) is 2.62. The highest BCUT2D eigenvalue weighted by Crippen LogP contribution is 2.19. The van der Waals surface area contributed by atoms with Crippen LogP contribution in [-0.4, -0.2) is 29.1 Å². The van der Waals surface area contributed by atoms with Crippen LogP contribution in [-0.2, 0) is 4.79 Å². The molecule has 5 nitrogen and oxygen atoms in total. The monoisotopic (exact) mass is 291 g/mol. The van der Waals surface area contributed by atoms with E-state index >= 15 is 0 Å². The first kappa shape index (κ1) is 16.8. The summed E-state index contributed by atoms with van der Waals surface area (Å²) in [7, 11) is 0. The Hall–Kier alpha value is -2.30. The van der Waals surface area contributed by atoms with E-state index in [1.54, 1.807) is 43.3 Å². The van der Waals surface area contributed by atoms with Crippen LogP contribution in [0.1, 0.15) is 37.6 Å². The number of carboxylic acid groups (broad SMARTS) is 1. The molecule has 21 heavy (non-hydrogen) atoms. The summed E-state index contributed by atoms with van der Waals surface area (Å²) >= 11 is 0. The molecule has 1 aromatic carbocycles. The maximum absolute atomic E-state index is 12.2. The summed E-state index contributed by atoms with van der Waals surface area (Å²) in [5, 5.41) is 11.6. The Bertz CT molecular complexity index is 523. The molecule has 0 bridgehead atoms. The number of ether oxygens (including phenoxy) is 1. The van der Waals surface area contributed by atoms with Gasteiger partial charge in [-0.05, 0) is 39.3 Å². The average Bonchev–Trinajstić information content (AvgIpc) is 2.42. The van der Waals surface area contributed by atoms with E-state index in [1.807, 2.05) is 13.8 Å². The third kappa shape index (κ3) is 5.30.